The van der Waals surface area contributed by atoms with Crippen molar-refractivity contribution >= 4 is 21.4 Å². The molecule has 1 aliphatic rings. The van der Waals surface area contributed by atoms with E-state index in [4.69, 9.17) is 5.73 Å². The third kappa shape index (κ3) is 3.67. The zero-order valence-corrected chi connectivity index (χ0v) is 14.6. The Balaban J connectivity index is 2.21. The summed E-state index contributed by atoms with van der Waals surface area (Å²) in [4.78, 5) is 1.24. The summed E-state index contributed by atoms with van der Waals surface area (Å²) in [5.74, 6) is 0.674. The van der Waals surface area contributed by atoms with Crippen LogP contribution in [-0.2, 0) is 16.6 Å². The van der Waals surface area contributed by atoms with Gasteiger partial charge in [0.1, 0.15) is 4.90 Å². The van der Waals surface area contributed by atoms with Crippen LogP contribution in [0.1, 0.15) is 49.5 Å². The lowest BCUT2D eigenvalue weighted by molar-refractivity contribution is 0.399. The van der Waals surface area contributed by atoms with Gasteiger partial charge in [0.25, 0.3) is 0 Å². The van der Waals surface area contributed by atoms with Crippen LogP contribution in [0, 0.1) is 12.8 Å². The Morgan fingerprint density at radius 3 is 2.81 bits per heavy atom. The van der Waals surface area contributed by atoms with E-state index in [1.165, 1.54) is 24.2 Å². The van der Waals surface area contributed by atoms with Crippen LogP contribution in [0.4, 0.5) is 0 Å². The summed E-state index contributed by atoms with van der Waals surface area (Å²) in [6.45, 7) is 5.63. The van der Waals surface area contributed by atoms with Crippen LogP contribution >= 0.6 is 11.3 Å². The van der Waals surface area contributed by atoms with E-state index < -0.39 is 10.0 Å². The van der Waals surface area contributed by atoms with Gasteiger partial charge in [-0.2, -0.15) is 4.31 Å². The van der Waals surface area contributed by atoms with Crippen LogP contribution in [0.2, 0.25) is 0 Å². The van der Waals surface area contributed by atoms with E-state index in [-0.39, 0.29) is 0 Å². The lowest BCUT2D eigenvalue weighted by Crippen LogP contribution is -2.33. The Hall–Kier alpha value is -0.430. The molecular weight excluding hydrogens is 304 g/mol. The minimum absolute atomic E-state index is 0.291. The molecule has 1 aromatic heterocycles. The first-order valence-electron chi connectivity index (χ1n) is 7.77. The molecule has 120 valence electrons. The molecule has 0 aliphatic carbocycles. The fourth-order valence-corrected chi connectivity index (χ4v) is 6.33. The van der Waals surface area contributed by atoms with Gasteiger partial charge in [0.15, 0.2) is 0 Å². The Kier molecular flexibility index (Phi) is 5.82. The molecule has 0 spiro atoms. The molecule has 4 nitrogen and oxygen atoms in total. The number of rotatable bonds is 5. The average molecular weight is 331 g/mol. The SMILES string of the molecule is CCCC1CCCN(S(=O)(=O)c2c(C)csc2CN)CC1. The maximum Gasteiger partial charge on any atom is 0.244 e. The molecule has 1 fully saturated rings. The van der Waals surface area contributed by atoms with Crippen molar-refractivity contribution in [2.24, 2.45) is 11.7 Å². The van der Waals surface area contributed by atoms with Gasteiger partial charge in [0.05, 0.1) is 0 Å². The van der Waals surface area contributed by atoms with Crippen LogP contribution in [0.5, 0.6) is 0 Å². The first-order chi connectivity index (χ1) is 10.0. The molecule has 2 rings (SSSR count). The molecule has 21 heavy (non-hydrogen) atoms. The number of thiophene rings is 1. The van der Waals surface area contributed by atoms with Crippen LogP contribution in [-0.4, -0.2) is 25.8 Å². The van der Waals surface area contributed by atoms with Gasteiger partial charge >= 0.3 is 0 Å². The number of hydrogen-bond donors (Lipinski definition) is 1. The van der Waals surface area contributed by atoms with Crippen LogP contribution in [0.15, 0.2) is 10.3 Å². The van der Waals surface area contributed by atoms with E-state index in [1.54, 1.807) is 4.31 Å². The summed E-state index contributed by atoms with van der Waals surface area (Å²) in [6.07, 6.45) is 5.48. The van der Waals surface area contributed by atoms with Gasteiger partial charge in [0.2, 0.25) is 10.0 Å². The Morgan fingerprint density at radius 1 is 1.38 bits per heavy atom. The zero-order valence-electron chi connectivity index (χ0n) is 13.0. The molecule has 6 heteroatoms. The number of sulfonamides is 1. The summed E-state index contributed by atoms with van der Waals surface area (Å²) in [5.41, 5.74) is 6.54. The van der Waals surface area contributed by atoms with Gasteiger partial charge in [0, 0.05) is 24.5 Å². The van der Waals surface area contributed by atoms with E-state index >= 15 is 0 Å². The fourth-order valence-electron chi connectivity index (χ4n) is 3.18. The largest absolute Gasteiger partial charge is 0.326 e. The highest BCUT2D eigenvalue weighted by Gasteiger charge is 2.31. The third-order valence-electron chi connectivity index (χ3n) is 4.28. The molecular formula is C15H26N2O2S2. The first-order valence-corrected chi connectivity index (χ1v) is 10.1. The molecule has 0 saturated carbocycles. The summed E-state index contributed by atoms with van der Waals surface area (Å²) in [7, 11) is -3.39. The number of nitrogens with two attached hydrogens (primary N) is 1. The Bertz CT molecular complexity index is 566. The second-order valence-corrected chi connectivity index (χ2v) is 8.70. The second kappa shape index (κ2) is 7.22. The van der Waals surface area contributed by atoms with E-state index in [9.17, 15) is 8.42 Å². The van der Waals surface area contributed by atoms with Crippen molar-refractivity contribution in [3.05, 3.63) is 15.8 Å². The van der Waals surface area contributed by atoms with Gasteiger partial charge < -0.3 is 5.73 Å². The first kappa shape index (κ1) is 16.9. The predicted molar refractivity (Wildman–Crippen MR) is 88.0 cm³/mol. The second-order valence-electron chi connectivity index (χ2n) is 5.86. The average Bonchev–Trinajstić information content (AvgIpc) is 2.67. The maximum atomic E-state index is 12.9. The van der Waals surface area contributed by atoms with E-state index in [0.717, 1.165) is 29.7 Å². The summed E-state index contributed by atoms with van der Waals surface area (Å²) in [5, 5.41) is 1.90. The molecule has 2 N–H and O–H groups in total. The topological polar surface area (TPSA) is 63.4 Å². The van der Waals surface area contributed by atoms with E-state index in [2.05, 4.69) is 6.92 Å². The quantitative estimate of drug-likeness (QED) is 0.902. The van der Waals surface area contributed by atoms with Gasteiger partial charge in [-0.3, -0.25) is 0 Å². The van der Waals surface area contributed by atoms with Crippen LogP contribution in [0.25, 0.3) is 0 Å². The van der Waals surface area contributed by atoms with Gasteiger partial charge in [-0.25, -0.2) is 8.42 Å². The molecule has 0 amide bonds. The predicted octanol–water partition coefficient (Wildman–Crippen LogP) is 3.11. The summed E-state index contributed by atoms with van der Waals surface area (Å²) in [6, 6.07) is 0. The minimum atomic E-state index is -3.39. The Morgan fingerprint density at radius 2 is 2.14 bits per heavy atom. The molecule has 0 bridgehead atoms. The van der Waals surface area contributed by atoms with E-state index in [1.807, 2.05) is 12.3 Å². The Labute approximate surface area is 132 Å². The van der Waals surface area contributed by atoms with Gasteiger partial charge in [-0.05, 0) is 43.0 Å². The fraction of sp³-hybridized carbons (Fsp3) is 0.733. The maximum absolute atomic E-state index is 12.9. The van der Waals surface area contributed by atoms with Crippen molar-refractivity contribution in [1.82, 2.24) is 4.31 Å². The smallest absolute Gasteiger partial charge is 0.244 e. The third-order valence-corrected chi connectivity index (χ3v) is 7.66. The number of aryl methyl sites for hydroxylation is 1. The lowest BCUT2D eigenvalue weighted by Gasteiger charge is -2.21. The minimum Gasteiger partial charge on any atom is -0.326 e. The molecule has 1 aromatic rings. The molecule has 1 atom stereocenters. The molecule has 0 radical (unpaired) electrons. The van der Waals surface area contributed by atoms with Gasteiger partial charge in [-0.15, -0.1) is 11.3 Å². The highest BCUT2D eigenvalue weighted by atomic mass is 32.2. The van der Waals surface area contributed by atoms with Crippen molar-refractivity contribution in [2.45, 2.75) is 57.4 Å². The summed E-state index contributed by atoms with van der Waals surface area (Å²) >= 11 is 1.45. The molecule has 1 unspecified atom stereocenters. The highest BCUT2D eigenvalue weighted by Crippen LogP contribution is 2.31. The lowest BCUT2D eigenvalue weighted by atomic mass is 9.96. The van der Waals surface area contributed by atoms with Crippen molar-refractivity contribution in [3.8, 4) is 0 Å². The number of nitrogens with zero attached hydrogens (tertiary/aromatic N) is 1. The normalized spacial score (nSPS) is 21.4. The van der Waals surface area contributed by atoms with Crippen molar-refractivity contribution in [3.63, 3.8) is 0 Å². The van der Waals surface area contributed by atoms with Crippen molar-refractivity contribution in [1.29, 1.82) is 0 Å². The van der Waals surface area contributed by atoms with Crippen LogP contribution in [0.3, 0.4) is 0 Å². The molecule has 1 saturated heterocycles. The van der Waals surface area contributed by atoms with Gasteiger partial charge in [-0.1, -0.05) is 19.8 Å². The highest BCUT2D eigenvalue weighted by molar-refractivity contribution is 7.89. The monoisotopic (exact) mass is 330 g/mol. The summed E-state index contributed by atoms with van der Waals surface area (Å²) < 4.78 is 27.6. The molecule has 0 aromatic carbocycles. The van der Waals surface area contributed by atoms with E-state index in [0.29, 0.717) is 30.4 Å². The zero-order chi connectivity index (χ0) is 15.5. The molecule has 1 aliphatic heterocycles. The standard InChI is InChI=1S/C15H26N2O2S2/c1-3-5-13-6-4-8-17(9-7-13)21(18,19)15-12(2)11-20-14(15)10-16/h11,13H,3-10,16H2,1-2H3. The molecule has 2 heterocycles. The van der Waals surface area contributed by atoms with Crippen LogP contribution < -0.4 is 5.73 Å². The van der Waals surface area contributed by atoms with Crippen molar-refractivity contribution < 1.29 is 8.42 Å². The number of hydrogen-bond acceptors (Lipinski definition) is 4. The van der Waals surface area contributed by atoms with Crippen molar-refractivity contribution in [2.75, 3.05) is 13.1 Å².